The minimum atomic E-state index is -1.10. The topological polar surface area (TPSA) is 79.3 Å². The summed E-state index contributed by atoms with van der Waals surface area (Å²) in [6.45, 7) is 7.54. The molecular weight excluding hydrogens is 264 g/mol. The molecule has 1 rings (SSSR count). The van der Waals surface area contributed by atoms with Crippen LogP contribution in [0.5, 0.6) is 0 Å². The number of carboxylic acid groups (broad SMARTS) is 1. The molecule has 0 aliphatic heterocycles. The fourth-order valence-electron chi connectivity index (χ4n) is 1.73. The molecule has 1 aromatic heterocycles. The number of thiazole rings is 1. The quantitative estimate of drug-likeness (QED) is 0.811. The molecule has 2 N–H and O–H groups in total. The van der Waals surface area contributed by atoms with E-state index < -0.39 is 23.2 Å². The van der Waals surface area contributed by atoms with Crippen LogP contribution in [0.25, 0.3) is 0 Å². The predicted octanol–water partition coefficient (Wildman–Crippen LogP) is 2.07. The smallest absolute Gasteiger partial charge is 0.316 e. The van der Waals surface area contributed by atoms with E-state index in [1.807, 2.05) is 6.92 Å². The van der Waals surface area contributed by atoms with Gasteiger partial charge in [-0.2, -0.15) is 0 Å². The number of aliphatic carboxylic acids is 1. The normalized spacial score (nSPS) is 13.1. The SMILES string of the molecule is CCc1cnc(CNC(=O)C(C(=O)O)C(C)(C)C)s1. The van der Waals surface area contributed by atoms with Crippen LogP contribution >= 0.6 is 11.3 Å². The lowest BCUT2D eigenvalue weighted by Gasteiger charge is -2.25. The molecule has 0 aliphatic carbocycles. The van der Waals surface area contributed by atoms with Crippen LogP contribution in [-0.2, 0) is 22.6 Å². The fraction of sp³-hybridized carbons (Fsp3) is 0.615. The van der Waals surface area contributed by atoms with Gasteiger partial charge in [0.25, 0.3) is 0 Å². The zero-order chi connectivity index (χ0) is 14.6. The van der Waals surface area contributed by atoms with Crippen molar-refractivity contribution in [3.05, 3.63) is 16.1 Å². The number of carboxylic acids is 1. The molecule has 0 aromatic carbocycles. The summed E-state index contributed by atoms with van der Waals surface area (Å²) in [7, 11) is 0. The van der Waals surface area contributed by atoms with Gasteiger partial charge in [0, 0.05) is 11.1 Å². The van der Waals surface area contributed by atoms with Crippen molar-refractivity contribution in [1.29, 1.82) is 0 Å². The first kappa shape index (κ1) is 15.6. The van der Waals surface area contributed by atoms with Gasteiger partial charge in [-0.1, -0.05) is 27.7 Å². The van der Waals surface area contributed by atoms with Crippen molar-refractivity contribution in [2.75, 3.05) is 0 Å². The van der Waals surface area contributed by atoms with Crippen molar-refractivity contribution in [2.45, 2.75) is 40.7 Å². The van der Waals surface area contributed by atoms with Crippen LogP contribution < -0.4 is 5.32 Å². The molecule has 0 saturated heterocycles. The second-order valence-electron chi connectivity index (χ2n) is 5.43. The average Bonchev–Trinajstić information content (AvgIpc) is 2.71. The summed E-state index contributed by atoms with van der Waals surface area (Å²) in [6.07, 6.45) is 2.69. The summed E-state index contributed by atoms with van der Waals surface area (Å²) < 4.78 is 0. The molecule has 5 nitrogen and oxygen atoms in total. The zero-order valence-corrected chi connectivity index (χ0v) is 12.5. The summed E-state index contributed by atoms with van der Waals surface area (Å²) in [6, 6.07) is 0. The number of rotatable bonds is 5. The zero-order valence-electron chi connectivity index (χ0n) is 11.7. The highest BCUT2D eigenvalue weighted by atomic mass is 32.1. The van der Waals surface area contributed by atoms with Gasteiger partial charge in [0.2, 0.25) is 5.91 Å². The highest BCUT2D eigenvalue weighted by molar-refractivity contribution is 7.11. The number of aromatic nitrogens is 1. The molecule has 1 amide bonds. The molecule has 1 unspecified atom stereocenters. The van der Waals surface area contributed by atoms with Crippen molar-refractivity contribution in [2.24, 2.45) is 11.3 Å². The lowest BCUT2D eigenvalue weighted by Crippen LogP contribution is -2.42. The number of carbonyl (C=O) groups excluding carboxylic acids is 1. The van der Waals surface area contributed by atoms with E-state index in [0.29, 0.717) is 0 Å². The van der Waals surface area contributed by atoms with Gasteiger partial charge in [-0.3, -0.25) is 9.59 Å². The number of nitrogens with zero attached hydrogens (tertiary/aromatic N) is 1. The molecule has 1 heterocycles. The molecular formula is C13H20N2O3S. The van der Waals surface area contributed by atoms with Crippen LogP contribution in [-0.4, -0.2) is 22.0 Å². The monoisotopic (exact) mass is 284 g/mol. The largest absolute Gasteiger partial charge is 0.481 e. The molecule has 0 bridgehead atoms. The van der Waals surface area contributed by atoms with Gasteiger partial charge in [-0.25, -0.2) is 4.98 Å². The Morgan fingerprint density at radius 1 is 1.47 bits per heavy atom. The third-order valence-corrected chi connectivity index (χ3v) is 3.88. The van der Waals surface area contributed by atoms with Crippen LogP contribution in [0.4, 0.5) is 0 Å². The molecule has 0 fully saturated rings. The molecule has 0 saturated carbocycles. The first-order chi connectivity index (χ1) is 8.75. The second-order valence-corrected chi connectivity index (χ2v) is 6.63. The lowest BCUT2D eigenvalue weighted by atomic mass is 9.80. The Kier molecular flexibility index (Phi) is 5.05. The Morgan fingerprint density at radius 2 is 2.11 bits per heavy atom. The first-order valence-corrected chi connectivity index (χ1v) is 7.01. The molecule has 0 spiro atoms. The van der Waals surface area contributed by atoms with Crippen LogP contribution in [0.3, 0.4) is 0 Å². The summed E-state index contributed by atoms with van der Waals surface area (Å²) >= 11 is 1.53. The number of hydrogen-bond donors (Lipinski definition) is 2. The third kappa shape index (κ3) is 4.31. The van der Waals surface area contributed by atoms with Crippen LogP contribution in [0.1, 0.15) is 37.6 Å². The lowest BCUT2D eigenvalue weighted by molar-refractivity contribution is -0.151. The summed E-state index contributed by atoms with van der Waals surface area (Å²) in [5.41, 5.74) is -0.618. The highest BCUT2D eigenvalue weighted by Gasteiger charge is 2.37. The molecule has 0 aliphatic rings. The minimum Gasteiger partial charge on any atom is -0.481 e. The number of aryl methyl sites for hydroxylation is 1. The maximum absolute atomic E-state index is 12.0. The molecule has 1 aromatic rings. The van der Waals surface area contributed by atoms with Gasteiger partial charge in [0.1, 0.15) is 10.9 Å². The minimum absolute atomic E-state index is 0.281. The van der Waals surface area contributed by atoms with Gasteiger partial charge >= 0.3 is 5.97 Å². The standard InChI is InChI=1S/C13H20N2O3S/c1-5-8-6-14-9(19-8)7-15-11(16)10(12(17)18)13(2,3)4/h6,10H,5,7H2,1-4H3,(H,15,16)(H,17,18). The highest BCUT2D eigenvalue weighted by Crippen LogP contribution is 2.26. The Labute approximate surface area is 117 Å². The van der Waals surface area contributed by atoms with E-state index in [-0.39, 0.29) is 6.54 Å². The molecule has 19 heavy (non-hydrogen) atoms. The Balaban J connectivity index is 2.65. The van der Waals surface area contributed by atoms with Gasteiger partial charge in [0.05, 0.1) is 6.54 Å². The molecule has 6 heteroatoms. The fourth-order valence-corrected chi connectivity index (χ4v) is 2.54. The van der Waals surface area contributed by atoms with Crippen molar-refractivity contribution in [1.82, 2.24) is 10.3 Å². The van der Waals surface area contributed by atoms with E-state index in [9.17, 15) is 9.59 Å². The first-order valence-electron chi connectivity index (χ1n) is 6.19. The number of nitrogens with one attached hydrogen (secondary N) is 1. The maximum Gasteiger partial charge on any atom is 0.316 e. The van der Waals surface area contributed by atoms with Gasteiger partial charge in [-0.05, 0) is 11.8 Å². The van der Waals surface area contributed by atoms with Crippen LogP contribution in [0, 0.1) is 11.3 Å². The number of amides is 1. The summed E-state index contributed by atoms with van der Waals surface area (Å²) in [4.78, 5) is 28.5. The molecule has 106 valence electrons. The van der Waals surface area contributed by atoms with E-state index in [1.54, 1.807) is 27.0 Å². The Bertz CT molecular complexity index is 463. The van der Waals surface area contributed by atoms with Crippen LogP contribution in [0.15, 0.2) is 6.20 Å². The Morgan fingerprint density at radius 3 is 2.53 bits per heavy atom. The average molecular weight is 284 g/mol. The van der Waals surface area contributed by atoms with Crippen molar-refractivity contribution >= 4 is 23.2 Å². The van der Waals surface area contributed by atoms with Crippen molar-refractivity contribution in [3.8, 4) is 0 Å². The van der Waals surface area contributed by atoms with E-state index in [1.165, 1.54) is 11.3 Å². The van der Waals surface area contributed by atoms with Gasteiger partial charge in [0.15, 0.2) is 0 Å². The van der Waals surface area contributed by atoms with Crippen LogP contribution in [0.2, 0.25) is 0 Å². The second kappa shape index (κ2) is 6.14. The van der Waals surface area contributed by atoms with Crippen molar-refractivity contribution < 1.29 is 14.7 Å². The maximum atomic E-state index is 12.0. The third-order valence-electron chi connectivity index (χ3n) is 2.74. The van der Waals surface area contributed by atoms with E-state index in [0.717, 1.165) is 16.3 Å². The van der Waals surface area contributed by atoms with E-state index >= 15 is 0 Å². The summed E-state index contributed by atoms with van der Waals surface area (Å²) in [5, 5.41) is 12.6. The number of hydrogen-bond acceptors (Lipinski definition) is 4. The predicted molar refractivity (Wildman–Crippen MR) is 73.9 cm³/mol. The van der Waals surface area contributed by atoms with Gasteiger partial charge in [-0.15, -0.1) is 11.3 Å². The van der Waals surface area contributed by atoms with Gasteiger partial charge < -0.3 is 10.4 Å². The Hall–Kier alpha value is -1.43. The molecule has 0 radical (unpaired) electrons. The van der Waals surface area contributed by atoms with Crippen molar-refractivity contribution in [3.63, 3.8) is 0 Å². The van der Waals surface area contributed by atoms with E-state index in [4.69, 9.17) is 5.11 Å². The summed E-state index contributed by atoms with van der Waals surface area (Å²) in [5.74, 6) is -2.62. The number of carbonyl (C=O) groups is 2. The van der Waals surface area contributed by atoms with E-state index in [2.05, 4.69) is 10.3 Å². The molecule has 1 atom stereocenters.